The van der Waals surface area contributed by atoms with Crippen molar-refractivity contribution in [2.45, 2.75) is 32.6 Å². The predicted molar refractivity (Wildman–Crippen MR) is 133 cm³/mol. The lowest BCUT2D eigenvalue weighted by atomic mass is 9.98. The van der Waals surface area contributed by atoms with Crippen molar-refractivity contribution in [2.75, 3.05) is 0 Å². The lowest BCUT2D eigenvalue weighted by molar-refractivity contribution is -0.118. The van der Waals surface area contributed by atoms with Gasteiger partial charge in [-0.2, -0.15) is 10.2 Å². The van der Waals surface area contributed by atoms with Gasteiger partial charge in [0.2, 0.25) is 0 Å². The molecule has 4 aromatic rings. The number of rotatable bonds is 9. The van der Waals surface area contributed by atoms with Gasteiger partial charge in [0.25, 0.3) is 0 Å². The third kappa shape index (κ3) is 6.07. The third-order valence-corrected chi connectivity index (χ3v) is 5.63. The van der Waals surface area contributed by atoms with E-state index < -0.39 is 0 Å². The predicted octanol–water partition coefficient (Wildman–Crippen LogP) is 6.37. The van der Waals surface area contributed by atoms with Gasteiger partial charge < -0.3 is 0 Å². The van der Waals surface area contributed by atoms with Gasteiger partial charge in [-0.25, -0.2) is 0 Å². The number of carbonyl (C=O) groups is 1. The summed E-state index contributed by atoms with van der Waals surface area (Å²) in [7, 11) is 0. The summed E-state index contributed by atoms with van der Waals surface area (Å²) < 4.78 is 0. The molecule has 0 amide bonds. The minimum atomic E-state index is 0.253. The van der Waals surface area contributed by atoms with Gasteiger partial charge in [-0.05, 0) is 72.4 Å². The minimum Gasteiger partial charge on any atom is -0.299 e. The van der Waals surface area contributed by atoms with Gasteiger partial charge in [-0.15, -0.1) is 0 Å². The summed E-state index contributed by atoms with van der Waals surface area (Å²) in [6.45, 7) is 6.03. The number of benzene rings is 2. The summed E-state index contributed by atoms with van der Waals surface area (Å²) in [6, 6.07) is 24.4. The van der Waals surface area contributed by atoms with E-state index in [4.69, 9.17) is 0 Å². The summed E-state index contributed by atoms with van der Waals surface area (Å²) >= 11 is 0. The average molecular weight is 434 g/mol. The Morgan fingerprint density at radius 3 is 2.42 bits per heavy atom. The highest BCUT2D eigenvalue weighted by Crippen LogP contribution is 2.24. The number of Topliss-reactive ketones (excluding diaryl/α,β-unsaturated/α-hetero) is 1. The molecule has 0 unspecified atom stereocenters. The molecule has 2 aromatic carbocycles. The second kappa shape index (κ2) is 10.6. The van der Waals surface area contributed by atoms with Crippen LogP contribution >= 0.6 is 0 Å². The Labute approximate surface area is 195 Å². The maximum absolute atomic E-state index is 12.5. The lowest BCUT2D eigenvalue weighted by Crippen LogP contribution is -2.03. The van der Waals surface area contributed by atoms with Crippen LogP contribution in [0.5, 0.6) is 0 Å². The highest BCUT2D eigenvalue weighted by atomic mass is 16.1. The van der Waals surface area contributed by atoms with Gasteiger partial charge in [-0.1, -0.05) is 54.6 Å². The molecule has 0 bridgehead atoms. The Morgan fingerprint density at radius 2 is 1.73 bits per heavy atom. The van der Waals surface area contributed by atoms with Crippen molar-refractivity contribution in [1.29, 1.82) is 0 Å². The van der Waals surface area contributed by atoms with Gasteiger partial charge in [-0.3, -0.25) is 9.78 Å². The Bertz CT molecular complexity index is 1230. The smallest absolute Gasteiger partial charge is 0.137 e. The van der Waals surface area contributed by atoms with Gasteiger partial charge >= 0.3 is 0 Å². The molecular weight excluding hydrogens is 406 g/mol. The van der Waals surface area contributed by atoms with Gasteiger partial charge in [0.05, 0.1) is 5.69 Å². The zero-order chi connectivity index (χ0) is 23.0. The van der Waals surface area contributed by atoms with E-state index in [1.54, 1.807) is 6.20 Å². The SMILES string of the molecule is C=C(C)c1cccc(-c2ccc(CC(=O)CCCc3ccc(-c4cccnn4)cn3)cc2)c1. The molecule has 0 aliphatic carbocycles. The van der Waals surface area contributed by atoms with Crippen molar-refractivity contribution in [3.63, 3.8) is 0 Å². The summed E-state index contributed by atoms with van der Waals surface area (Å²) in [5, 5.41) is 8.00. The number of aryl methyl sites for hydroxylation is 1. The van der Waals surface area contributed by atoms with Gasteiger partial charge in [0.15, 0.2) is 0 Å². The fraction of sp³-hybridized carbons (Fsp3) is 0.172. The molecule has 0 fully saturated rings. The molecule has 0 aliphatic heterocycles. The van der Waals surface area contributed by atoms with Crippen LogP contribution in [0.2, 0.25) is 0 Å². The average Bonchev–Trinajstić information content (AvgIpc) is 2.85. The van der Waals surface area contributed by atoms with Crippen LogP contribution in [0, 0.1) is 0 Å². The van der Waals surface area contributed by atoms with Crippen molar-refractivity contribution >= 4 is 11.4 Å². The van der Waals surface area contributed by atoms with E-state index in [9.17, 15) is 4.79 Å². The number of pyridine rings is 1. The number of carbonyl (C=O) groups excluding carboxylic acids is 1. The highest BCUT2D eigenvalue weighted by Gasteiger charge is 2.07. The molecule has 0 spiro atoms. The third-order valence-electron chi connectivity index (χ3n) is 5.63. The van der Waals surface area contributed by atoms with E-state index in [0.29, 0.717) is 12.8 Å². The van der Waals surface area contributed by atoms with Crippen LogP contribution in [0.15, 0.2) is 91.8 Å². The molecule has 4 heteroatoms. The largest absolute Gasteiger partial charge is 0.299 e. The standard InChI is InChI=1S/C29H27N3O/c1-21(2)24-6-3-7-25(19-24)23-13-11-22(12-14-23)18-28(33)9-4-8-27-16-15-26(20-30-27)29-10-5-17-31-32-29/h3,5-7,10-17,19-20H,1,4,8-9,18H2,2H3. The monoisotopic (exact) mass is 433 g/mol. The summed E-state index contributed by atoms with van der Waals surface area (Å²) in [5.41, 5.74) is 8.28. The van der Waals surface area contributed by atoms with E-state index in [0.717, 1.165) is 57.6 Å². The van der Waals surface area contributed by atoms with E-state index in [-0.39, 0.29) is 5.78 Å². The summed E-state index contributed by atoms with van der Waals surface area (Å²) in [6.07, 6.45) is 6.06. The normalized spacial score (nSPS) is 10.7. The van der Waals surface area contributed by atoms with Crippen LogP contribution in [0.1, 0.15) is 36.6 Å². The van der Waals surface area contributed by atoms with Crippen LogP contribution in [0.4, 0.5) is 0 Å². The van der Waals surface area contributed by atoms with Gasteiger partial charge in [0, 0.05) is 36.5 Å². The number of nitrogens with zero attached hydrogens (tertiary/aromatic N) is 3. The number of allylic oxidation sites excluding steroid dienone is 1. The Kier molecular flexibility index (Phi) is 7.16. The molecule has 4 nitrogen and oxygen atoms in total. The van der Waals surface area contributed by atoms with E-state index >= 15 is 0 Å². The highest BCUT2D eigenvalue weighted by molar-refractivity contribution is 5.81. The molecule has 33 heavy (non-hydrogen) atoms. The molecule has 0 N–H and O–H groups in total. The van der Waals surface area contributed by atoms with Crippen LogP contribution in [0.3, 0.4) is 0 Å². The Hall–Kier alpha value is -3.92. The molecular formula is C29H27N3O. The number of hydrogen-bond donors (Lipinski definition) is 0. The zero-order valence-corrected chi connectivity index (χ0v) is 18.9. The fourth-order valence-electron chi connectivity index (χ4n) is 3.74. The first-order valence-corrected chi connectivity index (χ1v) is 11.2. The van der Waals surface area contributed by atoms with E-state index in [2.05, 4.69) is 58.2 Å². The van der Waals surface area contributed by atoms with E-state index in [1.165, 1.54) is 0 Å². The van der Waals surface area contributed by atoms with Crippen molar-refractivity contribution in [2.24, 2.45) is 0 Å². The summed E-state index contributed by atoms with van der Waals surface area (Å²) in [5.74, 6) is 0.253. The number of hydrogen-bond acceptors (Lipinski definition) is 4. The maximum Gasteiger partial charge on any atom is 0.137 e. The van der Waals surface area contributed by atoms with Crippen LogP contribution in [-0.4, -0.2) is 21.0 Å². The second-order valence-corrected chi connectivity index (χ2v) is 8.27. The van der Waals surface area contributed by atoms with Crippen molar-refractivity contribution in [3.8, 4) is 22.4 Å². The molecule has 4 rings (SSSR count). The Morgan fingerprint density at radius 1 is 0.909 bits per heavy atom. The minimum absolute atomic E-state index is 0.253. The molecule has 2 aromatic heterocycles. The molecule has 0 aliphatic rings. The lowest BCUT2D eigenvalue weighted by Gasteiger charge is -2.07. The Balaban J connectivity index is 1.27. The van der Waals surface area contributed by atoms with Crippen LogP contribution in [-0.2, 0) is 17.6 Å². The molecule has 0 atom stereocenters. The topological polar surface area (TPSA) is 55.7 Å². The first-order valence-electron chi connectivity index (χ1n) is 11.2. The fourth-order valence-corrected chi connectivity index (χ4v) is 3.74. The first-order chi connectivity index (χ1) is 16.1. The van der Waals surface area contributed by atoms with Crippen LogP contribution in [0.25, 0.3) is 28.0 Å². The van der Waals surface area contributed by atoms with Gasteiger partial charge in [0.1, 0.15) is 5.78 Å². The molecule has 2 heterocycles. The summed E-state index contributed by atoms with van der Waals surface area (Å²) in [4.78, 5) is 17.0. The molecule has 0 saturated heterocycles. The van der Waals surface area contributed by atoms with Crippen molar-refractivity contribution in [1.82, 2.24) is 15.2 Å². The molecule has 0 saturated carbocycles. The zero-order valence-electron chi connectivity index (χ0n) is 18.9. The van der Waals surface area contributed by atoms with Crippen molar-refractivity contribution < 1.29 is 4.79 Å². The second-order valence-electron chi connectivity index (χ2n) is 8.27. The quantitative estimate of drug-likeness (QED) is 0.308. The number of aromatic nitrogens is 3. The molecule has 164 valence electrons. The molecule has 0 radical (unpaired) electrons. The van der Waals surface area contributed by atoms with E-state index in [1.807, 2.05) is 49.5 Å². The maximum atomic E-state index is 12.5. The number of ketones is 1. The first kappa shape index (κ1) is 22.3. The van der Waals surface area contributed by atoms with Crippen molar-refractivity contribution in [3.05, 3.63) is 109 Å². The van der Waals surface area contributed by atoms with Crippen LogP contribution < -0.4 is 0 Å².